The number of benzene rings is 3. The Bertz CT molecular complexity index is 1070. The number of ether oxygens (including phenoxy) is 1. The molecule has 0 saturated heterocycles. The summed E-state index contributed by atoms with van der Waals surface area (Å²) in [7, 11) is 1.70. The summed E-state index contributed by atoms with van der Waals surface area (Å²) in [6.07, 6.45) is 0. The summed E-state index contributed by atoms with van der Waals surface area (Å²) < 4.78 is 5.55. The average molecular weight is 389 g/mol. The molecule has 0 aliphatic carbocycles. The van der Waals surface area contributed by atoms with E-state index < -0.39 is 5.92 Å². The highest BCUT2D eigenvalue weighted by Crippen LogP contribution is 2.36. The first kappa shape index (κ1) is 20.8. The lowest BCUT2D eigenvalue weighted by molar-refractivity contribution is -0.126. The second-order valence-corrected chi connectivity index (χ2v) is 8.64. The van der Waals surface area contributed by atoms with E-state index >= 15 is 0 Å². The third kappa shape index (κ3) is 4.24. The molecule has 0 amide bonds. The maximum atomic E-state index is 11.9. The second kappa shape index (κ2) is 7.82. The molecular weight excluding hydrogens is 360 g/mol. The molecule has 0 aliphatic heterocycles. The number of rotatable bonds is 5. The van der Waals surface area contributed by atoms with Gasteiger partial charge in [-0.15, -0.1) is 0 Å². The maximum Gasteiger partial charge on any atom is 0.144 e. The zero-order valence-electron chi connectivity index (χ0n) is 18.0. The summed E-state index contributed by atoms with van der Waals surface area (Å²) in [4.78, 5) is 23.8. The number of ketones is 2. The minimum atomic E-state index is -0.685. The monoisotopic (exact) mass is 388 g/mol. The van der Waals surface area contributed by atoms with Crippen molar-refractivity contribution in [3.63, 3.8) is 0 Å². The van der Waals surface area contributed by atoms with E-state index in [1.807, 2.05) is 30.3 Å². The summed E-state index contributed by atoms with van der Waals surface area (Å²) in [5, 5.41) is 2.09. The Balaban J connectivity index is 2.06. The molecule has 0 atom stereocenters. The Morgan fingerprint density at radius 2 is 1.34 bits per heavy atom. The van der Waals surface area contributed by atoms with Crippen LogP contribution in [0.5, 0.6) is 5.75 Å². The molecule has 0 unspecified atom stereocenters. The van der Waals surface area contributed by atoms with Crippen LogP contribution in [0.4, 0.5) is 0 Å². The molecule has 0 spiro atoms. The Labute approximate surface area is 172 Å². The van der Waals surface area contributed by atoms with Gasteiger partial charge in [0.1, 0.15) is 23.2 Å². The molecule has 0 radical (unpaired) electrons. The first-order valence-electron chi connectivity index (χ1n) is 9.85. The molecule has 150 valence electrons. The van der Waals surface area contributed by atoms with Crippen LogP contribution in [0.3, 0.4) is 0 Å². The number of carbonyl (C=O) groups is 2. The SMILES string of the molecule is COc1ccc(-c2ccc3cc(C(C(C)=O)C(C)=O)ccc3c2)cc1C(C)(C)C. The third-order valence-electron chi connectivity index (χ3n) is 5.35. The number of carbonyl (C=O) groups excluding carboxylic acids is 2. The highest BCUT2D eigenvalue weighted by atomic mass is 16.5. The quantitative estimate of drug-likeness (QED) is 0.498. The van der Waals surface area contributed by atoms with Crippen molar-refractivity contribution in [1.82, 2.24) is 0 Å². The number of methoxy groups -OCH3 is 1. The zero-order valence-corrected chi connectivity index (χ0v) is 18.0. The van der Waals surface area contributed by atoms with Crippen molar-refractivity contribution >= 4 is 22.3 Å². The lowest BCUT2D eigenvalue weighted by Crippen LogP contribution is -2.16. The summed E-state index contributed by atoms with van der Waals surface area (Å²) in [6.45, 7) is 9.47. The van der Waals surface area contributed by atoms with Gasteiger partial charge in [-0.05, 0) is 71.0 Å². The van der Waals surface area contributed by atoms with Crippen molar-refractivity contribution < 1.29 is 14.3 Å². The van der Waals surface area contributed by atoms with Crippen molar-refractivity contribution in [2.45, 2.75) is 46.0 Å². The molecule has 3 rings (SSSR count). The number of fused-ring (bicyclic) bond motifs is 1. The van der Waals surface area contributed by atoms with Gasteiger partial charge >= 0.3 is 0 Å². The van der Waals surface area contributed by atoms with Gasteiger partial charge in [0, 0.05) is 5.56 Å². The molecule has 0 fully saturated rings. The molecule has 0 bridgehead atoms. The fourth-order valence-electron chi connectivity index (χ4n) is 3.85. The lowest BCUT2D eigenvalue weighted by Gasteiger charge is -2.23. The van der Waals surface area contributed by atoms with Gasteiger partial charge in [0.05, 0.1) is 7.11 Å². The molecule has 0 aromatic heterocycles. The van der Waals surface area contributed by atoms with Crippen LogP contribution in [0.2, 0.25) is 0 Å². The number of hydrogen-bond donors (Lipinski definition) is 0. The van der Waals surface area contributed by atoms with Crippen molar-refractivity contribution in [1.29, 1.82) is 0 Å². The summed E-state index contributed by atoms with van der Waals surface area (Å²) in [5.41, 5.74) is 4.14. The van der Waals surface area contributed by atoms with E-state index in [1.54, 1.807) is 7.11 Å². The van der Waals surface area contributed by atoms with Gasteiger partial charge in [0.2, 0.25) is 0 Å². The van der Waals surface area contributed by atoms with E-state index in [2.05, 4.69) is 45.0 Å². The Kier molecular flexibility index (Phi) is 5.61. The lowest BCUT2D eigenvalue weighted by atomic mass is 9.84. The van der Waals surface area contributed by atoms with Crippen LogP contribution in [0.25, 0.3) is 21.9 Å². The molecule has 3 aromatic carbocycles. The predicted octanol–water partition coefficient (Wildman–Crippen LogP) is 6.07. The number of hydrogen-bond acceptors (Lipinski definition) is 3. The highest BCUT2D eigenvalue weighted by molar-refractivity contribution is 6.06. The predicted molar refractivity (Wildman–Crippen MR) is 119 cm³/mol. The minimum Gasteiger partial charge on any atom is -0.496 e. The van der Waals surface area contributed by atoms with Crippen molar-refractivity contribution in [2.75, 3.05) is 7.11 Å². The van der Waals surface area contributed by atoms with E-state index in [4.69, 9.17) is 4.74 Å². The van der Waals surface area contributed by atoms with Crippen LogP contribution in [0, 0.1) is 0 Å². The van der Waals surface area contributed by atoms with E-state index in [0.29, 0.717) is 0 Å². The van der Waals surface area contributed by atoms with Gasteiger partial charge in [-0.25, -0.2) is 0 Å². The minimum absolute atomic E-state index is 0.0263. The molecule has 0 saturated carbocycles. The van der Waals surface area contributed by atoms with E-state index in [-0.39, 0.29) is 17.0 Å². The molecule has 3 aromatic rings. The first-order valence-corrected chi connectivity index (χ1v) is 9.85. The van der Waals surface area contributed by atoms with Crippen LogP contribution >= 0.6 is 0 Å². The number of Topliss-reactive ketones (excluding diaryl/α,β-unsaturated/α-hetero) is 2. The fourth-order valence-corrected chi connectivity index (χ4v) is 3.85. The molecule has 0 N–H and O–H groups in total. The van der Waals surface area contributed by atoms with Crippen LogP contribution in [-0.4, -0.2) is 18.7 Å². The van der Waals surface area contributed by atoms with Gasteiger partial charge < -0.3 is 4.74 Å². The fraction of sp³-hybridized carbons (Fsp3) is 0.308. The molecular formula is C26H28O3. The molecule has 0 heterocycles. The molecule has 29 heavy (non-hydrogen) atoms. The summed E-state index contributed by atoms with van der Waals surface area (Å²) >= 11 is 0. The van der Waals surface area contributed by atoms with Gasteiger partial charge in [-0.2, -0.15) is 0 Å². The van der Waals surface area contributed by atoms with Crippen LogP contribution in [-0.2, 0) is 15.0 Å². The Morgan fingerprint density at radius 3 is 1.93 bits per heavy atom. The molecule has 3 nitrogen and oxygen atoms in total. The smallest absolute Gasteiger partial charge is 0.144 e. The van der Waals surface area contributed by atoms with Crippen molar-refractivity contribution in [2.24, 2.45) is 0 Å². The van der Waals surface area contributed by atoms with Crippen molar-refractivity contribution in [3.05, 3.63) is 65.7 Å². The molecule has 3 heteroatoms. The maximum absolute atomic E-state index is 11.9. The van der Waals surface area contributed by atoms with Gasteiger partial charge in [0.25, 0.3) is 0 Å². The average Bonchev–Trinajstić information content (AvgIpc) is 2.65. The van der Waals surface area contributed by atoms with E-state index in [1.165, 1.54) is 19.4 Å². The van der Waals surface area contributed by atoms with E-state index in [0.717, 1.165) is 33.2 Å². The van der Waals surface area contributed by atoms with Gasteiger partial charge in [-0.3, -0.25) is 9.59 Å². The zero-order chi connectivity index (χ0) is 21.3. The van der Waals surface area contributed by atoms with Gasteiger partial charge in [-0.1, -0.05) is 51.1 Å². The van der Waals surface area contributed by atoms with Crippen LogP contribution < -0.4 is 4.74 Å². The highest BCUT2D eigenvalue weighted by Gasteiger charge is 2.22. The van der Waals surface area contributed by atoms with Crippen molar-refractivity contribution in [3.8, 4) is 16.9 Å². The van der Waals surface area contributed by atoms with Crippen LogP contribution in [0.15, 0.2) is 54.6 Å². The Morgan fingerprint density at radius 1 is 0.793 bits per heavy atom. The molecule has 0 aliphatic rings. The van der Waals surface area contributed by atoms with Gasteiger partial charge in [0.15, 0.2) is 0 Å². The van der Waals surface area contributed by atoms with E-state index in [9.17, 15) is 9.59 Å². The second-order valence-electron chi connectivity index (χ2n) is 8.64. The van der Waals surface area contributed by atoms with Crippen LogP contribution in [0.1, 0.15) is 51.7 Å². The topological polar surface area (TPSA) is 43.4 Å². The first-order chi connectivity index (χ1) is 13.6. The summed E-state index contributed by atoms with van der Waals surface area (Å²) in [5.74, 6) is -0.0379. The largest absolute Gasteiger partial charge is 0.496 e. The standard InChI is InChI=1S/C26H28O3/c1-16(27)25(17(2)28)22-10-9-18-13-19(7-8-20(18)14-22)21-11-12-24(29-6)23(15-21)26(3,4)5/h7-15,25H,1-6H3. The Hall–Kier alpha value is -2.94. The summed E-state index contributed by atoms with van der Waals surface area (Å²) in [6, 6.07) is 18.4. The normalized spacial score (nSPS) is 11.7. The third-order valence-corrected chi connectivity index (χ3v) is 5.35.